The highest BCUT2D eigenvalue weighted by Crippen LogP contribution is 2.26. The molecule has 1 aliphatic rings. The minimum atomic E-state index is -0.283. The molecule has 5 heteroatoms. The second-order valence-electron chi connectivity index (χ2n) is 4.09. The van der Waals surface area contributed by atoms with E-state index in [1.54, 1.807) is 7.11 Å². The number of nitrogens with one attached hydrogen (secondary N) is 1. The highest BCUT2D eigenvalue weighted by Gasteiger charge is 2.24. The van der Waals surface area contributed by atoms with E-state index >= 15 is 0 Å². The number of rotatable bonds is 8. The van der Waals surface area contributed by atoms with Gasteiger partial charge in [-0.1, -0.05) is 0 Å². The quantitative estimate of drug-likeness (QED) is 0.613. The summed E-state index contributed by atoms with van der Waals surface area (Å²) in [7, 11) is 1.68. The average Bonchev–Trinajstić information content (AvgIpc) is 2.67. The highest BCUT2D eigenvalue weighted by molar-refractivity contribution is 8.00. The monoisotopic (exact) mass is 249 g/mol. The van der Waals surface area contributed by atoms with E-state index in [1.165, 1.54) is 0 Å². The van der Waals surface area contributed by atoms with E-state index in [0.717, 1.165) is 25.3 Å². The first-order chi connectivity index (χ1) is 7.74. The summed E-state index contributed by atoms with van der Waals surface area (Å²) in [6, 6.07) is 0. The van der Waals surface area contributed by atoms with Gasteiger partial charge >= 0.3 is 0 Å². The van der Waals surface area contributed by atoms with Crippen molar-refractivity contribution in [2.45, 2.75) is 30.8 Å². The number of aliphatic hydroxyl groups is 1. The molecule has 0 aliphatic carbocycles. The van der Waals surface area contributed by atoms with Crippen molar-refractivity contribution in [3.63, 3.8) is 0 Å². The Hall–Kier alpha value is 0.190. The predicted molar refractivity (Wildman–Crippen MR) is 67.0 cm³/mol. The van der Waals surface area contributed by atoms with Crippen LogP contribution in [0.1, 0.15) is 13.3 Å². The lowest BCUT2D eigenvalue weighted by Crippen LogP contribution is -2.31. The summed E-state index contributed by atoms with van der Waals surface area (Å²) in [6.45, 7) is 5.09. The van der Waals surface area contributed by atoms with E-state index < -0.39 is 0 Å². The molecule has 1 fully saturated rings. The van der Waals surface area contributed by atoms with Gasteiger partial charge in [0.1, 0.15) is 0 Å². The van der Waals surface area contributed by atoms with Crippen molar-refractivity contribution in [1.29, 1.82) is 0 Å². The molecular formula is C11H23NO3S. The molecule has 3 unspecified atom stereocenters. The Labute approximate surface area is 102 Å². The molecule has 0 saturated carbocycles. The van der Waals surface area contributed by atoms with Gasteiger partial charge in [-0.25, -0.2) is 0 Å². The van der Waals surface area contributed by atoms with Gasteiger partial charge in [-0.2, -0.15) is 11.8 Å². The third kappa shape index (κ3) is 5.50. The summed E-state index contributed by atoms with van der Waals surface area (Å²) in [4.78, 5) is 0. The van der Waals surface area contributed by atoms with Crippen LogP contribution in [0.5, 0.6) is 0 Å². The molecule has 1 heterocycles. The first-order valence-corrected chi connectivity index (χ1v) is 6.90. The molecule has 0 amide bonds. The van der Waals surface area contributed by atoms with Gasteiger partial charge in [-0.15, -0.1) is 0 Å². The van der Waals surface area contributed by atoms with Crippen LogP contribution < -0.4 is 5.32 Å². The molecule has 0 aromatic carbocycles. The number of ether oxygens (including phenoxy) is 2. The summed E-state index contributed by atoms with van der Waals surface area (Å²) in [6.07, 6.45) is 1.16. The molecule has 0 bridgehead atoms. The van der Waals surface area contributed by atoms with Gasteiger partial charge in [0, 0.05) is 37.8 Å². The van der Waals surface area contributed by atoms with Gasteiger partial charge in [-0.3, -0.25) is 0 Å². The second kappa shape index (κ2) is 8.31. The van der Waals surface area contributed by atoms with Crippen LogP contribution in [-0.4, -0.2) is 61.7 Å². The van der Waals surface area contributed by atoms with Crippen LogP contribution in [0.15, 0.2) is 0 Å². The van der Waals surface area contributed by atoms with Crippen molar-refractivity contribution in [3.8, 4) is 0 Å². The fourth-order valence-corrected chi connectivity index (χ4v) is 2.87. The summed E-state index contributed by atoms with van der Waals surface area (Å²) < 4.78 is 10.4. The molecular weight excluding hydrogens is 226 g/mol. The van der Waals surface area contributed by atoms with Crippen LogP contribution in [0.3, 0.4) is 0 Å². The maximum absolute atomic E-state index is 9.73. The number of methoxy groups -OCH3 is 1. The van der Waals surface area contributed by atoms with Crippen LogP contribution in [0.2, 0.25) is 0 Å². The molecule has 2 N–H and O–H groups in total. The Bertz CT molecular complexity index is 183. The third-order valence-corrected chi connectivity index (χ3v) is 4.30. The van der Waals surface area contributed by atoms with Crippen LogP contribution in [0, 0.1) is 0 Å². The SMILES string of the molecule is COCCNCC(O)CSC1CCOC1C. The van der Waals surface area contributed by atoms with Crippen LogP contribution in [0.4, 0.5) is 0 Å². The van der Waals surface area contributed by atoms with Gasteiger partial charge in [-0.05, 0) is 13.3 Å². The minimum Gasteiger partial charge on any atom is -0.391 e. The molecule has 3 atom stereocenters. The van der Waals surface area contributed by atoms with Gasteiger partial charge in [0.15, 0.2) is 0 Å². The topological polar surface area (TPSA) is 50.7 Å². The molecule has 0 aromatic heterocycles. The van der Waals surface area contributed by atoms with Crippen molar-refractivity contribution >= 4 is 11.8 Å². The molecule has 96 valence electrons. The second-order valence-corrected chi connectivity index (χ2v) is 5.36. The zero-order chi connectivity index (χ0) is 11.8. The Morgan fingerprint density at radius 3 is 3.06 bits per heavy atom. The zero-order valence-corrected chi connectivity index (χ0v) is 11.0. The normalized spacial score (nSPS) is 27.2. The Morgan fingerprint density at radius 2 is 2.44 bits per heavy atom. The maximum Gasteiger partial charge on any atom is 0.0754 e. The fraction of sp³-hybridized carbons (Fsp3) is 1.00. The highest BCUT2D eigenvalue weighted by atomic mass is 32.2. The molecule has 1 saturated heterocycles. The number of aliphatic hydroxyl groups excluding tert-OH is 1. The molecule has 0 aromatic rings. The lowest BCUT2D eigenvalue weighted by molar-refractivity contribution is 0.127. The maximum atomic E-state index is 9.73. The molecule has 0 spiro atoms. The fourth-order valence-electron chi connectivity index (χ4n) is 1.67. The van der Waals surface area contributed by atoms with E-state index in [9.17, 15) is 5.11 Å². The molecule has 16 heavy (non-hydrogen) atoms. The largest absolute Gasteiger partial charge is 0.391 e. The van der Waals surface area contributed by atoms with E-state index in [0.29, 0.717) is 24.5 Å². The number of hydrogen-bond donors (Lipinski definition) is 2. The van der Waals surface area contributed by atoms with Gasteiger partial charge in [0.25, 0.3) is 0 Å². The van der Waals surface area contributed by atoms with Gasteiger partial charge in [0.2, 0.25) is 0 Å². The van der Waals surface area contributed by atoms with E-state index in [1.807, 2.05) is 11.8 Å². The minimum absolute atomic E-state index is 0.283. The van der Waals surface area contributed by atoms with Gasteiger partial charge in [0.05, 0.1) is 18.8 Å². The predicted octanol–water partition coefficient (Wildman–Crippen LogP) is 0.494. The first kappa shape index (κ1) is 14.3. The van der Waals surface area contributed by atoms with E-state index in [4.69, 9.17) is 9.47 Å². The van der Waals surface area contributed by atoms with E-state index in [-0.39, 0.29) is 6.10 Å². The van der Waals surface area contributed by atoms with Crippen molar-refractivity contribution in [2.24, 2.45) is 0 Å². The van der Waals surface area contributed by atoms with Crippen molar-refractivity contribution < 1.29 is 14.6 Å². The molecule has 1 rings (SSSR count). The third-order valence-electron chi connectivity index (χ3n) is 2.67. The first-order valence-electron chi connectivity index (χ1n) is 5.85. The summed E-state index contributed by atoms with van der Waals surface area (Å²) in [5, 5.41) is 13.4. The van der Waals surface area contributed by atoms with Crippen molar-refractivity contribution in [1.82, 2.24) is 5.32 Å². The molecule has 4 nitrogen and oxygen atoms in total. The Balaban J connectivity index is 1.99. The Kier molecular flexibility index (Phi) is 7.40. The summed E-state index contributed by atoms with van der Waals surface area (Å²) >= 11 is 1.82. The van der Waals surface area contributed by atoms with Crippen molar-refractivity contribution in [2.75, 3.05) is 39.2 Å². The smallest absolute Gasteiger partial charge is 0.0754 e. The van der Waals surface area contributed by atoms with Crippen LogP contribution in [-0.2, 0) is 9.47 Å². The lowest BCUT2D eigenvalue weighted by atomic mass is 10.3. The van der Waals surface area contributed by atoms with E-state index in [2.05, 4.69) is 12.2 Å². The zero-order valence-electron chi connectivity index (χ0n) is 10.1. The Morgan fingerprint density at radius 1 is 1.62 bits per heavy atom. The number of thioether (sulfide) groups is 1. The molecule has 0 radical (unpaired) electrons. The average molecular weight is 249 g/mol. The van der Waals surface area contributed by atoms with Crippen LogP contribution >= 0.6 is 11.8 Å². The van der Waals surface area contributed by atoms with Gasteiger partial charge < -0.3 is 19.9 Å². The van der Waals surface area contributed by atoms with Crippen molar-refractivity contribution in [3.05, 3.63) is 0 Å². The van der Waals surface area contributed by atoms with Crippen LogP contribution in [0.25, 0.3) is 0 Å². The summed E-state index contributed by atoms with van der Waals surface area (Å²) in [5.41, 5.74) is 0. The lowest BCUT2D eigenvalue weighted by Gasteiger charge is -2.16. The number of hydrogen-bond acceptors (Lipinski definition) is 5. The summed E-state index contributed by atoms with van der Waals surface area (Å²) in [5.74, 6) is 0.776. The standard InChI is InChI=1S/C11H23NO3S/c1-9-11(3-5-15-9)16-8-10(13)7-12-4-6-14-2/h9-13H,3-8H2,1-2H3. The molecule has 1 aliphatic heterocycles.